The molecule has 0 heterocycles. The predicted octanol–water partition coefficient (Wildman–Crippen LogP) is 2.70. The highest BCUT2D eigenvalue weighted by molar-refractivity contribution is 7.99. The smallest absolute Gasteiger partial charge is 0.123 e. The molecule has 2 nitrogen and oxygen atoms in total. The molecule has 0 unspecified atom stereocenters. The van der Waals surface area contributed by atoms with Crippen LogP contribution in [-0.2, 0) is 0 Å². The van der Waals surface area contributed by atoms with Crippen molar-refractivity contribution in [2.75, 3.05) is 18.6 Å². The third-order valence-electron chi connectivity index (χ3n) is 1.83. The predicted molar refractivity (Wildman–Crippen MR) is 58.5 cm³/mol. The molecule has 0 aliphatic carbocycles. The van der Waals surface area contributed by atoms with Crippen LogP contribution in [0.3, 0.4) is 0 Å². The summed E-state index contributed by atoms with van der Waals surface area (Å²) in [4.78, 5) is 1.10. The van der Waals surface area contributed by atoms with Crippen LogP contribution in [-0.4, -0.2) is 12.9 Å². The minimum atomic E-state index is 0.838. The lowest BCUT2D eigenvalue weighted by Gasteiger charge is -2.09. The molecule has 0 aromatic heterocycles. The molecule has 0 atom stereocenters. The monoisotopic (exact) mass is 197 g/mol. The minimum Gasteiger partial charge on any atom is -0.496 e. The molecule has 0 bridgehead atoms. The fourth-order valence-corrected chi connectivity index (χ4v) is 1.92. The Hall–Kier alpha value is -0.830. The summed E-state index contributed by atoms with van der Waals surface area (Å²) < 4.78 is 5.22. The summed E-state index contributed by atoms with van der Waals surface area (Å²) in [6, 6.07) is 3.95. The van der Waals surface area contributed by atoms with Gasteiger partial charge in [-0.15, -0.1) is 11.8 Å². The summed E-state index contributed by atoms with van der Waals surface area (Å²) in [5.74, 6) is 1.93. The highest BCUT2D eigenvalue weighted by Gasteiger charge is 2.04. The zero-order valence-corrected chi connectivity index (χ0v) is 9.07. The first kappa shape index (κ1) is 10.3. The zero-order chi connectivity index (χ0) is 9.84. The van der Waals surface area contributed by atoms with Crippen LogP contribution in [0, 0.1) is 6.92 Å². The van der Waals surface area contributed by atoms with Crippen LogP contribution in [0.1, 0.15) is 12.5 Å². The summed E-state index contributed by atoms with van der Waals surface area (Å²) in [6.45, 7) is 4.10. The number of aryl methyl sites for hydroxylation is 1. The van der Waals surface area contributed by atoms with Crippen molar-refractivity contribution in [1.82, 2.24) is 0 Å². The molecule has 3 heteroatoms. The van der Waals surface area contributed by atoms with Crippen molar-refractivity contribution in [3.8, 4) is 5.75 Å². The van der Waals surface area contributed by atoms with Crippen LogP contribution in [0.25, 0.3) is 0 Å². The molecule has 0 spiro atoms. The number of rotatable bonds is 3. The molecule has 0 radical (unpaired) electrons. The number of anilines is 1. The molecular formula is C10H15NOS. The van der Waals surface area contributed by atoms with E-state index in [2.05, 4.69) is 6.92 Å². The van der Waals surface area contributed by atoms with E-state index >= 15 is 0 Å². The first-order chi connectivity index (χ1) is 6.19. The Kier molecular flexibility index (Phi) is 3.48. The lowest BCUT2D eigenvalue weighted by molar-refractivity contribution is 0.410. The van der Waals surface area contributed by atoms with Crippen molar-refractivity contribution >= 4 is 17.4 Å². The number of nitrogens with two attached hydrogens (primary N) is 1. The number of benzene rings is 1. The van der Waals surface area contributed by atoms with Gasteiger partial charge >= 0.3 is 0 Å². The van der Waals surface area contributed by atoms with E-state index in [1.807, 2.05) is 19.1 Å². The summed E-state index contributed by atoms with van der Waals surface area (Å²) >= 11 is 1.74. The maximum absolute atomic E-state index is 5.85. The normalized spacial score (nSPS) is 10.1. The van der Waals surface area contributed by atoms with Gasteiger partial charge < -0.3 is 10.5 Å². The van der Waals surface area contributed by atoms with E-state index in [4.69, 9.17) is 10.5 Å². The molecule has 13 heavy (non-hydrogen) atoms. The molecule has 72 valence electrons. The van der Waals surface area contributed by atoms with Crippen molar-refractivity contribution in [3.05, 3.63) is 17.7 Å². The van der Waals surface area contributed by atoms with Crippen molar-refractivity contribution in [2.24, 2.45) is 0 Å². The van der Waals surface area contributed by atoms with Gasteiger partial charge in [0.1, 0.15) is 5.75 Å². The molecule has 0 saturated heterocycles. The fourth-order valence-electron chi connectivity index (χ4n) is 1.19. The molecular weight excluding hydrogens is 182 g/mol. The molecule has 0 aliphatic rings. The van der Waals surface area contributed by atoms with E-state index in [0.717, 1.165) is 27.6 Å². The van der Waals surface area contributed by atoms with Crippen molar-refractivity contribution in [3.63, 3.8) is 0 Å². The van der Waals surface area contributed by atoms with Crippen LogP contribution in [0.2, 0.25) is 0 Å². The number of hydrogen-bond donors (Lipinski definition) is 1. The van der Waals surface area contributed by atoms with Gasteiger partial charge in [0.2, 0.25) is 0 Å². The SMILES string of the molecule is CCSc1cc(OC)c(C)cc1N. The van der Waals surface area contributed by atoms with E-state index in [-0.39, 0.29) is 0 Å². The quantitative estimate of drug-likeness (QED) is 0.597. The summed E-state index contributed by atoms with van der Waals surface area (Å²) in [7, 11) is 1.68. The number of nitrogen functional groups attached to an aromatic ring is 1. The first-order valence-corrected chi connectivity index (χ1v) is 5.24. The van der Waals surface area contributed by atoms with Crippen LogP contribution >= 0.6 is 11.8 Å². The van der Waals surface area contributed by atoms with Gasteiger partial charge in [0.15, 0.2) is 0 Å². The standard InChI is InChI=1S/C10H15NOS/c1-4-13-10-6-9(12-3)7(2)5-8(10)11/h5-6H,4,11H2,1-3H3. The number of methoxy groups -OCH3 is 1. The third kappa shape index (κ3) is 2.31. The molecule has 0 fully saturated rings. The summed E-state index contributed by atoms with van der Waals surface area (Å²) in [6.07, 6.45) is 0. The molecule has 1 rings (SSSR count). The molecule has 1 aromatic carbocycles. The van der Waals surface area contributed by atoms with Crippen molar-refractivity contribution in [2.45, 2.75) is 18.7 Å². The molecule has 1 aromatic rings. The average molecular weight is 197 g/mol. The highest BCUT2D eigenvalue weighted by atomic mass is 32.2. The molecule has 2 N–H and O–H groups in total. The summed E-state index contributed by atoms with van der Waals surface area (Å²) in [5, 5.41) is 0. The van der Waals surface area contributed by atoms with E-state index in [0.29, 0.717) is 0 Å². The van der Waals surface area contributed by atoms with Gasteiger partial charge in [-0.1, -0.05) is 6.92 Å². The van der Waals surface area contributed by atoms with Crippen LogP contribution in [0.4, 0.5) is 5.69 Å². The van der Waals surface area contributed by atoms with Crippen LogP contribution < -0.4 is 10.5 Å². The molecule has 0 amide bonds. The van der Waals surface area contributed by atoms with Gasteiger partial charge in [-0.3, -0.25) is 0 Å². The number of ether oxygens (including phenoxy) is 1. The Morgan fingerprint density at radius 1 is 1.46 bits per heavy atom. The second-order valence-electron chi connectivity index (χ2n) is 2.79. The fraction of sp³-hybridized carbons (Fsp3) is 0.400. The Balaban J connectivity index is 3.06. The Morgan fingerprint density at radius 3 is 2.69 bits per heavy atom. The van der Waals surface area contributed by atoms with E-state index in [1.165, 1.54) is 0 Å². The third-order valence-corrected chi connectivity index (χ3v) is 2.78. The zero-order valence-electron chi connectivity index (χ0n) is 8.26. The topological polar surface area (TPSA) is 35.2 Å². The first-order valence-electron chi connectivity index (χ1n) is 4.26. The average Bonchev–Trinajstić information content (AvgIpc) is 2.10. The highest BCUT2D eigenvalue weighted by Crippen LogP contribution is 2.31. The molecule has 0 saturated carbocycles. The van der Waals surface area contributed by atoms with Gasteiger partial charge in [0.05, 0.1) is 7.11 Å². The summed E-state index contributed by atoms with van der Waals surface area (Å²) in [5.41, 5.74) is 7.78. The Morgan fingerprint density at radius 2 is 2.15 bits per heavy atom. The lowest BCUT2D eigenvalue weighted by atomic mass is 10.2. The second-order valence-corrected chi connectivity index (χ2v) is 4.10. The van der Waals surface area contributed by atoms with E-state index < -0.39 is 0 Å². The number of thioether (sulfide) groups is 1. The van der Waals surface area contributed by atoms with Crippen LogP contribution in [0.15, 0.2) is 17.0 Å². The van der Waals surface area contributed by atoms with Gasteiger partial charge in [-0.05, 0) is 30.4 Å². The van der Waals surface area contributed by atoms with Crippen LogP contribution in [0.5, 0.6) is 5.75 Å². The van der Waals surface area contributed by atoms with Crippen molar-refractivity contribution < 1.29 is 4.74 Å². The van der Waals surface area contributed by atoms with Crippen molar-refractivity contribution in [1.29, 1.82) is 0 Å². The Bertz CT molecular complexity index is 299. The van der Waals surface area contributed by atoms with Gasteiger partial charge in [0, 0.05) is 10.6 Å². The van der Waals surface area contributed by atoms with Gasteiger partial charge in [-0.2, -0.15) is 0 Å². The van der Waals surface area contributed by atoms with Gasteiger partial charge in [0.25, 0.3) is 0 Å². The largest absolute Gasteiger partial charge is 0.496 e. The van der Waals surface area contributed by atoms with E-state index in [1.54, 1.807) is 18.9 Å². The number of hydrogen-bond acceptors (Lipinski definition) is 3. The van der Waals surface area contributed by atoms with Gasteiger partial charge in [-0.25, -0.2) is 0 Å². The maximum atomic E-state index is 5.85. The molecule has 0 aliphatic heterocycles. The lowest BCUT2D eigenvalue weighted by Crippen LogP contribution is -1.93. The Labute approximate surface area is 83.5 Å². The maximum Gasteiger partial charge on any atom is 0.123 e. The minimum absolute atomic E-state index is 0.838. The van der Waals surface area contributed by atoms with E-state index in [9.17, 15) is 0 Å². The second kappa shape index (κ2) is 4.42.